The molecule has 0 saturated heterocycles. The zero-order valence-electron chi connectivity index (χ0n) is 11.1. The van der Waals surface area contributed by atoms with Gasteiger partial charge < -0.3 is 4.74 Å². The van der Waals surface area contributed by atoms with Gasteiger partial charge in [-0.1, -0.05) is 41.9 Å². The summed E-state index contributed by atoms with van der Waals surface area (Å²) in [7, 11) is 0. The van der Waals surface area contributed by atoms with Crippen molar-refractivity contribution in [3.05, 3.63) is 62.8 Å². The molecule has 108 valence electrons. The number of ketones is 1. The van der Waals surface area contributed by atoms with Gasteiger partial charge >= 0.3 is 0 Å². The molecule has 1 heterocycles. The van der Waals surface area contributed by atoms with Gasteiger partial charge in [-0.2, -0.15) is 0 Å². The van der Waals surface area contributed by atoms with Crippen molar-refractivity contribution in [2.24, 2.45) is 0 Å². The smallest absolute Gasteiger partial charge is 0.195 e. The molecule has 2 nitrogen and oxygen atoms in total. The summed E-state index contributed by atoms with van der Waals surface area (Å²) in [5.74, 6) is -0.356. The SMILES string of the molecule is CC(=O)[C@@]1(c2ccccc2)Cc2c(cc(F)c(Cl)c2Br)O1. The first-order valence-electron chi connectivity index (χ1n) is 6.37. The molecule has 1 atom stereocenters. The van der Waals surface area contributed by atoms with Gasteiger partial charge in [-0.15, -0.1) is 0 Å². The lowest BCUT2D eigenvalue weighted by atomic mass is 9.86. The highest BCUT2D eigenvalue weighted by molar-refractivity contribution is 9.10. The van der Waals surface area contributed by atoms with Crippen molar-refractivity contribution >= 4 is 33.3 Å². The lowest BCUT2D eigenvalue weighted by molar-refractivity contribution is -0.131. The molecular weight excluding hydrogens is 359 g/mol. The number of fused-ring (bicyclic) bond motifs is 1. The summed E-state index contributed by atoms with van der Waals surface area (Å²) in [5, 5.41) is 0.00441. The summed E-state index contributed by atoms with van der Waals surface area (Å²) >= 11 is 9.21. The summed E-state index contributed by atoms with van der Waals surface area (Å²) in [6.45, 7) is 1.48. The van der Waals surface area contributed by atoms with E-state index >= 15 is 0 Å². The summed E-state index contributed by atoms with van der Waals surface area (Å²) < 4.78 is 20.1. The molecule has 1 aliphatic rings. The fourth-order valence-corrected chi connectivity index (χ4v) is 3.30. The minimum atomic E-state index is -1.12. The second kappa shape index (κ2) is 5.11. The van der Waals surface area contributed by atoms with Gasteiger partial charge in [0.05, 0.1) is 5.02 Å². The minimum Gasteiger partial charge on any atom is -0.474 e. The molecule has 3 rings (SSSR count). The lowest BCUT2D eigenvalue weighted by Crippen LogP contribution is -2.38. The van der Waals surface area contributed by atoms with E-state index in [2.05, 4.69) is 15.9 Å². The van der Waals surface area contributed by atoms with E-state index in [0.29, 0.717) is 22.2 Å². The van der Waals surface area contributed by atoms with Crippen molar-refractivity contribution in [2.75, 3.05) is 0 Å². The van der Waals surface area contributed by atoms with Gasteiger partial charge in [0.2, 0.25) is 0 Å². The van der Waals surface area contributed by atoms with Gasteiger partial charge in [0.1, 0.15) is 11.6 Å². The molecule has 0 radical (unpaired) electrons. The maximum atomic E-state index is 13.8. The number of halogens is 3. The molecule has 0 saturated carbocycles. The van der Waals surface area contributed by atoms with Crippen LogP contribution in [0.3, 0.4) is 0 Å². The van der Waals surface area contributed by atoms with E-state index in [-0.39, 0.29) is 10.8 Å². The van der Waals surface area contributed by atoms with Crippen LogP contribution in [0.4, 0.5) is 4.39 Å². The third-order valence-electron chi connectivity index (χ3n) is 3.74. The van der Waals surface area contributed by atoms with Crippen LogP contribution in [0.25, 0.3) is 0 Å². The van der Waals surface area contributed by atoms with Crippen LogP contribution in [0.2, 0.25) is 5.02 Å². The lowest BCUT2D eigenvalue weighted by Gasteiger charge is -2.26. The zero-order chi connectivity index (χ0) is 15.2. The van der Waals surface area contributed by atoms with Gasteiger partial charge in [0.15, 0.2) is 11.4 Å². The molecule has 1 aliphatic heterocycles. The molecule has 2 aromatic rings. The van der Waals surface area contributed by atoms with E-state index in [1.807, 2.05) is 30.3 Å². The van der Waals surface area contributed by atoms with Gasteiger partial charge in [-0.05, 0) is 22.9 Å². The maximum Gasteiger partial charge on any atom is 0.195 e. The molecule has 21 heavy (non-hydrogen) atoms. The fraction of sp³-hybridized carbons (Fsp3) is 0.188. The number of ether oxygens (including phenoxy) is 1. The maximum absolute atomic E-state index is 13.8. The molecule has 0 bridgehead atoms. The molecular formula is C16H11BrClFO2. The summed E-state index contributed by atoms with van der Waals surface area (Å²) in [6.07, 6.45) is 0.322. The molecule has 0 spiro atoms. The van der Waals surface area contributed by atoms with Crippen LogP contribution in [-0.4, -0.2) is 5.78 Å². The Balaban J connectivity index is 2.17. The normalized spacial score (nSPS) is 20.0. The number of carbonyl (C=O) groups is 1. The minimum absolute atomic E-state index is 0.00441. The largest absolute Gasteiger partial charge is 0.474 e. The van der Waals surface area contributed by atoms with Crippen molar-refractivity contribution in [2.45, 2.75) is 18.9 Å². The number of benzene rings is 2. The molecule has 0 unspecified atom stereocenters. The quantitative estimate of drug-likeness (QED) is 0.720. The molecule has 2 aromatic carbocycles. The van der Waals surface area contributed by atoms with Crippen LogP contribution >= 0.6 is 27.5 Å². The molecule has 0 N–H and O–H groups in total. The predicted molar refractivity (Wildman–Crippen MR) is 82.2 cm³/mol. The van der Waals surface area contributed by atoms with Crippen LogP contribution in [0.5, 0.6) is 5.75 Å². The Morgan fingerprint density at radius 1 is 1.38 bits per heavy atom. The highest BCUT2D eigenvalue weighted by Gasteiger charge is 2.46. The van der Waals surface area contributed by atoms with Gasteiger partial charge in [0.25, 0.3) is 0 Å². The highest BCUT2D eigenvalue weighted by Crippen LogP contribution is 2.47. The third kappa shape index (κ3) is 2.17. The Bertz CT molecular complexity index is 733. The Labute approximate surface area is 135 Å². The van der Waals surface area contributed by atoms with E-state index < -0.39 is 11.4 Å². The topological polar surface area (TPSA) is 26.3 Å². The van der Waals surface area contributed by atoms with Crippen LogP contribution in [0.1, 0.15) is 18.1 Å². The first kappa shape index (κ1) is 14.5. The van der Waals surface area contributed by atoms with E-state index in [4.69, 9.17) is 16.3 Å². The standard InChI is InChI=1S/C16H11BrClFO2/c1-9(20)16(10-5-3-2-4-6-10)8-11-13(21-16)7-12(19)15(18)14(11)17/h2-7H,8H2,1H3/t16-/m1/s1. The first-order chi connectivity index (χ1) is 9.95. The monoisotopic (exact) mass is 368 g/mol. The summed E-state index contributed by atoms with van der Waals surface area (Å²) in [5.41, 5.74) is 0.334. The Hall–Kier alpha value is -1.39. The van der Waals surface area contributed by atoms with E-state index in [0.717, 1.165) is 5.56 Å². The van der Waals surface area contributed by atoms with Crippen molar-refractivity contribution in [3.63, 3.8) is 0 Å². The highest BCUT2D eigenvalue weighted by atomic mass is 79.9. The molecule has 0 amide bonds. The van der Waals surface area contributed by atoms with Gasteiger partial charge in [0, 0.05) is 28.1 Å². The van der Waals surface area contributed by atoms with Crippen LogP contribution in [-0.2, 0) is 16.8 Å². The van der Waals surface area contributed by atoms with Gasteiger partial charge in [-0.25, -0.2) is 4.39 Å². The Morgan fingerprint density at radius 2 is 2.05 bits per heavy atom. The number of rotatable bonds is 2. The average molecular weight is 370 g/mol. The van der Waals surface area contributed by atoms with Crippen molar-refractivity contribution < 1.29 is 13.9 Å². The van der Waals surface area contributed by atoms with Gasteiger partial charge in [-0.3, -0.25) is 4.79 Å². The molecule has 0 aromatic heterocycles. The van der Waals surface area contributed by atoms with Crippen molar-refractivity contribution in [3.8, 4) is 5.75 Å². The van der Waals surface area contributed by atoms with E-state index in [1.54, 1.807) is 0 Å². The number of Topliss-reactive ketones (excluding diaryl/α,β-unsaturated/α-hetero) is 1. The average Bonchev–Trinajstić information content (AvgIpc) is 2.87. The van der Waals surface area contributed by atoms with E-state index in [1.165, 1.54) is 13.0 Å². The summed E-state index contributed by atoms with van der Waals surface area (Å²) in [6, 6.07) is 10.4. The van der Waals surface area contributed by atoms with E-state index in [9.17, 15) is 9.18 Å². The third-order valence-corrected chi connectivity index (χ3v) is 5.21. The second-order valence-corrected chi connectivity index (χ2v) is 6.16. The van der Waals surface area contributed by atoms with Crippen molar-refractivity contribution in [1.29, 1.82) is 0 Å². The number of hydrogen-bond acceptors (Lipinski definition) is 2. The summed E-state index contributed by atoms with van der Waals surface area (Å²) in [4.78, 5) is 12.3. The Morgan fingerprint density at radius 3 is 2.67 bits per heavy atom. The molecule has 0 aliphatic carbocycles. The zero-order valence-corrected chi connectivity index (χ0v) is 13.5. The van der Waals surface area contributed by atoms with Crippen LogP contribution in [0.15, 0.2) is 40.9 Å². The molecule has 5 heteroatoms. The van der Waals surface area contributed by atoms with Crippen LogP contribution < -0.4 is 4.74 Å². The van der Waals surface area contributed by atoms with Crippen molar-refractivity contribution in [1.82, 2.24) is 0 Å². The first-order valence-corrected chi connectivity index (χ1v) is 7.55. The number of carbonyl (C=O) groups excluding carboxylic acids is 1. The number of hydrogen-bond donors (Lipinski definition) is 0. The second-order valence-electron chi connectivity index (χ2n) is 4.99. The fourth-order valence-electron chi connectivity index (χ4n) is 2.61. The molecule has 0 fully saturated rings. The Kier molecular flexibility index (Phi) is 3.54. The van der Waals surface area contributed by atoms with Crippen LogP contribution in [0, 0.1) is 5.82 Å². The predicted octanol–water partition coefficient (Wildman–Crippen LogP) is 4.66.